The van der Waals surface area contributed by atoms with Crippen LogP contribution in [-0.2, 0) is 0 Å². The standard InChI is InChI=1S/C18H23Cl2N3OS/c1-17(2)11-4-5-12(7-11)18(17,3)22-16(25)23-21-9-10-6-13(19)8-14(20)15(10)24/h6,8-9,11-12,24H,4-5,7H2,1-3H3,(H2,22,23,25)/b21-9+/t11-,12+,18-/m1/s1. The molecule has 0 aromatic heterocycles. The molecule has 0 spiro atoms. The molecule has 0 saturated heterocycles. The topological polar surface area (TPSA) is 56.7 Å². The number of phenols is 1. The second kappa shape index (κ2) is 6.60. The normalized spacial score (nSPS) is 30.0. The number of aromatic hydroxyl groups is 1. The van der Waals surface area contributed by atoms with Gasteiger partial charge in [0.1, 0.15) is 5.75 Å². The number of fused-ring (bicyclic) bond motifs is 2. The molecule has 2 bridgehead atoms. The Balaban J connectivity index is 1.66. The first-order chi connectivity index (χ1) is 11.6. The average Bonchev–Trinajstić information content (AvgIpc) is 3.07. The first-order valence-electron chi connectivity index (χ1n) is 8.44. The van der Waals surface area contributed by atoms with E-state index in [0.29, 0.717) is 21.6 Å². The van der Waals surface area contributed by atoms with Crippen LogP contribution in [0.2, 0.25) is 10.0 Å². The van der Waals surface area contributed by atoms with E-state index < -0.39 is 0 Å². The Morgan fingerprint density at radius 2 is 1.96 bits per heavy atom. The van der Waals surface area contributed by atoms with Gasteiger partial charge in [0, 0.05) is 16.1 Å². The average molecular weight is 400 g/mol. The zero-order chi connectivity index (χ0) is 18.4. The minimum atomic E-state index is -0.0586. The van der Waals surface area contributed by atoms with Gasteiger partial charge in [0.2, 0.25) is 0 Å². The molecule has 2 saturated carbocycles. The molecule has 3 N–H and O–H groups in total. The predicted molar refractivity (Wildman–Crippen MR) is 108 cm³/mol. The third kappa shape index (κ3) is 3.22. The highest BCUT2D eigenvalue weighted by atomic mass is 35.5. The van der Waals surface area contributed by atoms with Gasteiger partial charge < -0.3 is 10.4 Å². The van der Waals surface area contributed by atoms with Gasteiger partial charge in [0.15, 0.2) is 5.11 Å². The molecule has 2 aliphatic carbocycles. The molecule has 4 nitrogen and oxygen atoms in total. The van der Waals surface area contributed by atoms with Crippen LogP contribution in [0.5, 0.6) is 5.75 Å². The third-order valence-electron chi connectivity index (χ3n) is 6.41. The van der Waals surface area contributed by atoms with Crippen molar-refractivity contribution in [1.82, 2.24) is 10.7 Å². The maximum atomic E-state index is 9.94. The number of rotatable bonds is 3. The summed E-state index contributed by atoms with van der Waals surface area (Å²) >= 11 is 17.3. The van der Waals surface area contributed by atoms with Crippen molar-refractivity contribution in [2.24, 2.45) is 22.4 Å². The van der Waals surface area contributed by atoms with Crippen LogP contribution in [0.4, 0.5) is 0 Å². The first kappa shape index (κ1) is 18.7. The van der Waals surface area contributed by atoms with Crippen molar-refractivity contribution in [2.75, 3.05) is 0 Å². The lowest BCUT2D eigenvalue weighted by Crippen LogP contribution is -2.60. The van der Waals surface area contributed by atoms with E-state index in [9.17, 15) is 5.11 Å². The first-order valence-corrected chi connectivity index (χ1v) is 9.61. The van der Waals surface area contributed by atoms with E-state index in [1.807, 2.05) is 0 Å². The smallest absolute Gasteiger partial charge is 0.187 e. The molecule has 0 aliphatic heterocycles. The molecule has 1 aromatic rings. The molecular weight excluding hydrogens is 377 g/mol. The van der Waals surface area contributed by atoms with Gasteiger partial charge in [-0.15, -0.1) is 0 Å². The molecule has 3 rings (SSSR count). The monoisotopic (exact) mass is 399 g/mol. The van der Waals surface area contributed by atoms with E-state index in [4.69, 9.17) is 35.4 Å². The lowest BCUT2D eigenvalue weighted by atomic mass is 9.64. The summed E-state index contributed by atoms with van der Waals surface area (Å²) in [5.41, 5.74) is 3.41. The number of hydrazone groups is 1. The van der Waals surface area contributed by atoms with Gasteiger partial charge in [0.25, 0.3) is 0 Å². The summed E-state index contributed by atoms with van der Waals surface area (Å²) in [4.78, 5) is 0. The lowest BCUT2D eigenvalue weighted by molar-refractivity contribution is 0.0833. The summed E-state index contributed by atoms with van der Waals surface area (Å²) in [6.07, 6.45) is 5.27. The molecule has 0 amide bonds. The summed E-state index contributed by atoms with van der Waals surface area (Å²) in [6, 6.07) is 3.07. The van der Waals surface area contributed by atoms with E-state index in [1.54, 1.807) is 6.07 Å². The Bertz CT molecular complexity index is 737. The van der Waals surface area contributed by atoms with Crippen molar-refractivity contribution in [3.8, 4) is 5.75 Å². The number of benzene rings is 1. The van der Waals surface area contributed by atoms with Gasteiger partial charge in [-0.25, -0.2) is 0 Å². The van der Waals surface area contributed by atoms with Crippen LogP contribution in [0.3, 0.4) is 0 Å². The summed E-state index contributed by atoms with van der Waals surface area (Å²) in [5.74, 6) is 1.32. The zero-order valence-electron chi connectivity index (χ0n) is 14.6. The lowest BCUT2D eigenvalue weighted by Gasteiger charge is -2.48. The van der Waals surface area contributed by atoms with Crippen molar-refractivity contribution < 1.29 is 5.11 Å². The van der Waals surface area contributed by atoms with Gasteiger partial charge in [0.05, 0.1) is 11.2 Å². The van der Waals surface area contributed by atoms with Crippen LogP contribution >= 0.6 is 35.4 Å². The number of phenolic OH excluding ortho intramolecular Hbond substituents is 1. The Hall–Kier alpha value is -1.04. The minimum absolute atomic E-state index is 0.0446. The molecule has 7 heteroatoms. The van der Waals surface area contributed by atoms with Crippen molar-refractivity contribution in [2.45, 2.75) is 45.6 Å². The van der Waals surface area contributed by atoms with E-state index in [-0.39, 0.29) is 21.7 Å². The molecule has 3 atom stereocenters. The third-order valence-corrected chi connectivity index (χ3v) is 7.11. The highest BCUT2D eigenvalue weighted by Crippen LogP contribution is 2.61. The van der Waals surface area contributed by atoms with Crippen molar-refractivity contribution in [1.29, 1.82) is 0 Å². The minimum Gasteiger partial charge on any atom is -0.506 e. The summed E-state index contributed by atoms with van der Waals surface area (Å²) in [6.45, 7) is 6.90. The Labute approximate surface area is 164 Å². The Morgan fingerprint density at radius 1 is 1.28 bits per heavy atom. The zero-order valence-corrected chi connectivity index (χ0v) is 16.9. The predicted octanol–water partition coefficient (Wildman–Crippen LogP) is 4.71. The Morgan fingerprint density at radius 3 is 2.60 bits per heavy atom. The molecule has 1 aromatic carbocycles. The van der Waals surface area contributed by atoms with Crippen molar-refractivity contribution >= 4 is 46.7 Å². The summed E-state index contributed by atoms with van der Waals surface area (Å²) in [5, 5.41) is 18.6. The Kier molecular flexibility index (Phi) is 4.95. The van der Waals surface area contributed by atoms with E-state index in [2.05, 4.69) is 36.6 Å². The number of hydrogen-bond acceptors (Lipinski definition) is 3. The molecule has 136 valence electrons. The fraction of sp³-hybridized carbons (Fsp3) is 0.556. The molecule has 2 aliphatic rings. The van der Waals surface area contributed by atoms with Crippen molar-refractivity contribution in [3.63, 3.8) is 0 Å². The second-order valence-electron chi connectivity index (χ2n) is 7.78. The molecule has 0 unspecified atom stereocenters. The highest BCUT2D eigenvalue weighted by molar-refractivity contribution is 7.80. The molecular formula is C18H23Cl2N3OS. The summed E-state index contributed by atoms with van der Waals surface area (Å²) < 4.78 is 0. The highest BCUT2D eigenvalue weighted by Gasteiger charge is 2.60. The van der Waals surface area contributed by atoms with E-state index in [1.165, 1.54) is 31.5 Å². The van der Waals surface area contributed by atoms with Gasteiger partial charge in [-0.3, -0.25) is 5.43 Å². The van der Waals surface area contributed by atoms with Gasteiger partial charge >= 0.3 is 0 Å². The largest absolute Gasteiger partial charge is 0.506 e. The van der Waals surface area contributed by atoms with Gasteiger partial charge in [-0.2, -0.15) is 5.10 Å². The second-order valence-corrected chi connectivity index (χ2v) is 9.03. The molecule has 0 radical (unpaired) electrons. The number of nitrogens with zero attached hydrogens (tertiary/aromatic N) is 1. The van der Waals surface area contributed by atoms with Crippen LogP contribution in [0, 0.1) is 17.3 Å². The van der Waals surface area contributed by atoms with Crippen LogP contribution in [0.25, 0.3) is 0 Å². The van der Waals surface area contributed by atoms with Crippen molar-refractivity contribution in [3.05, 3.63) is 27.7 Å². The maximum absolute atomic E-state index is 9.94. The number of halogens is 2. The molecule has 0 heterocycles. The van der Waals surface area contributed by atoms with E-state index >= 15 is 0 Å². The summed E-state index contributed by atoms with van der Waals surface area (Å²) in [7, 11) is 0. The SMILES string of the molecule is CC1(C)[C@@H]2CC[C@@H](C2)[C@@]1(C)NC(=S)N/N=C/c1cc(Cl)cc(Cl)c1O. The number of nitrogens with one attached hydrogen (secondary N) is 2. The number of thiocarbonyl (C=S) groups is 1. The molecule has 25 heavy (non-hydrogen) atoms. The van der Waals surface area contributed by atoms with Crippen LogP contribution in [0.15, 0.2) is 17.2 Å². The van der Waals surface area contributed by atoms with Crippen LogP contribution in [-0.4, -0.2) is 22.0 Å². The molecule has 2 fully saturated rings. The fourth-order valence-electron chi connectivity index (χ4n) is 4.48. The maximum Gasteiger partial charge on any atom is 0.187 e. The van der Waals surface area contributed by atoms with Crippen LogP contribution in [0.1, 0.15) is 45.6 Å². The number of hydrogen-bond donors (Lipinski definition) is 3. The fourth-order valence-corrected chi connectivity index (χ4v) is 5.26. The quantitative estimate of drug-likeness (QED) is 0.391. The van der Waals surface area contributed by atoms with E-state index in [0.717, 1.165) is 5.92 Å². The van der Waals surface area contributed by atoms with Gasteiger partial charge in [-0.05, 0) is 67.8 Å². The van der Waals surface area contributed by atoms with Crippen LogP contribution < -0.4 is 10.7 Å². The van der Waals surface area contributed by atoms with Gasteiger partial charge in [-0.1, -0.05) is 37.0 Å².